The number of nitrogens with zero attached hydrogens (tertiary/aromatic N) is 1. The largest absolute Gasteiger partial charge is 0.465 e. The molecule has 1 heterocycles. The van der Waals surface area contributed by atoms with Gasteiger partial charge in [-0.2, -0.15) is 0 Å². The lowest BCUT2D eigenvalue weighted by atomic mass is 9.78. The first kappa shape index (κ1) is 11.9. The first-order valence-electron chi connectivity index (χ1n) is 6.34. The molecule has 1 aliphatic carbocycles. The lowest BCUT2D eigenvalue weighted by molar-refractivity contribution is -0.144. The SMILES string of the molecule is CCOC(=O)CN1CC2CCCC(N)C2C1. The highest BCUT2D eigenvalue weighted by Crippen LogP contribution is 2.35. The van der Waals surface area contributed by atoms with Gasteiger partial charge < -0.3 is 10.5 Å². The molecule has 0 aromatic carbocycles. The van der Waals surface area contributed by atoms with Crippen LogP contribution in [0.4, 0.5) is 0 Å². The molecule has 2 N–H and O–H groups in total. The van der Waals surface area contributed by atoms with Gasteiger partial charge in [0, 0.05) is 19.1 Å². The summed E-state index contributed by atoms with van der Waals surface area (Å²) in [7, 11) is 0. The van der Waals surface area contributed by atoms with Crippen molar-refractivity contribution in [2.75, 3.05) is 26.2 Å². The molecule has 0 radical (unpaired) electrons. The minimum Gasteiger partial charge on any atom is -0.465 e. The molecule has 0 bridgehead atoms. The van der Waals surface area contributed by atoms with Gasteiger partial charge >= 0.3 is 5.97 Å². The quantitative estimate of drug-likeness (QED) is 0.716. The molecule has 0 spiro atoms. The summed E-state index contributed by atoms with van der Waals surface area (Å²) in [6, 6.07) is 0.339. The maximum Gasteiger partial charge on any atom is 0.320 e. The molecule has 16 heavy (non-hydrogen) atoms. The van der Waals surface area contributed by atoms with Crippen LogP contribution in [0.15, 0.2) is 0 Å². The van der Waals surface area contributed by atoms with Crippen LogP contribution in [-0.4, -0.2) is 43.2 Å². The molecule has 3 atom stereocenters. The molecule has 0 aromatic heterocycles. The molecular formula is C12H22N2O2. The van der Waals surface area contributed by atoms with E-state index in [4.69, 9.17) is 10.5 Å². The van der Waals surface area contributed by atoms with Gasteiger partial charge in [-0.3, -0.25) is 9.69 Å². The summed E-state index contributed by atoms with van der Waals surface area (Å²) in [5, 5.41) is 0. The molecule has 2 aliphatic rings. The molecular weight excluding hydrogens is 204 g/mol. The van der Waals surface area contributed by atoms with E-state index in [1.165, 1.54) is 12.8 Å². The van der Waals surface area contributed by atoms with Gasteiger partial charge in [0.1, 0.15) is 0 Å². The van der Waals surface area contributed by atoms with Crippen LogP contribution in [0.5, 0.6) is 0 Å². The summed E-state index contributed by atoms with van der Waals surface area (Å²) < 4.78 is 4.97. The topological polar surface area (TPSA) is 55.6 Å². The van der Waals surface area contributed by atoms with Crippen LogP contribution in [-0.2, 0) is 9.53 Å². The normalized spacial score (nSPS) is 34.8. The van der Waals surface area contributed by atoms with Crippen LogP contribution in [0.2, 0.25) is 0 Å². The number of likely N-dealkylation sites (tertiary alicyclic amines) is 1. The zero-order chi connectivity index (χ0) is 11.5. The van der Waals surface area contributed by atoms with Gasteiger partial charge in [0.05, 0.1) is 13.2 Å². The molecule has 2 fully saturated rings. The molecule has 1 saturated carbocycles. The number of carbonyl (C=O) groups excluding carboxylic acids is 1. The Labute approximate surface area is 97.1 Å². The highest BCUT2D eigenvalue weighted by Gasteiger charge is 2.39. The molecule has 4 heteroatoms. The summed E-state index contributed by atoms with van der Waals surface area (Å²) in [5.41, 5.74) is 6.13. The Morgan fingerprint density at radius 3 is 2.94 bits per heavy atom. The van der Waals surface area contributed by atoms with E-state index in [1.54, 1.807) is 0 Å². The Hall–Kier alpha value is -0.610. The lowest BCUT2D eigenvalue weighted by Crippen LogP contribution is -2.38. The maximum atomic E-state index is 11.4. The number of carbonyl (C=O) groups is 1. The van der Waals surface area contributed by atoms with E-state index in [-0.39, 0.29) is 5.97 Å². The molecule has 2 rings (SSSR count). The van der Waals surface area contributed by atoms with Crippen LogP contribution < -0.4 is 5.73 Å². The highest BCUT2D eigenvalue weighted by atomic mass is 16.5. The van der Waals surface area contributed by atoms with Gasteiger partial charge in [-0.15, -0.1) is 0 Å². The van der Waals surface area contributed by atoms with Crippen LogP contribution in [0, 0.1) is 11.8 Å². The average Bonchev–Trinajstić information content (AvgIpc) is 2.62. The highest BCUT2D eigenvalue weighted by molar-refractivity contribution is 5.71. The molecule has 92 valence electrons. The Morgan fingerprint density at radius 1 is 1.44 bits per heavy atom. The van der Waals surface area contributed by atoms with Crippen molar-refractivity contribution in [3.05, 3.63) is 0 Å². The predicted molar refractivity (Wildman–Crippen MR) is 61.9 cm³/mol. The molecule has 1 aliphatic heterocycles. The lowest BCUT2D eigenvalue weighted by Gasteiger charge is -2.29. The van der Waals surface area contributed by atoms with Gasteiger partial charge in [-0.25, -0.2) is 0 Å². The van der Waals surface area contributed by atoms with E-state index >= 15 is 0 Å². The molecule has 3 unspecified atom stereocenters. The second-order valence-electron chi connectivity index (χ2n) is 5.02. The van der Waals surface area contributed by atoms with E-state index in [9.17, 15) is 4.79 Å². The number of fused-ring (bicyclic) bond motifs is 1. The van der Waals surface area contributed by atoms with Crippen molar-refractivity contribution in [2.24, 2.45) is 17.6 Å². The Kier molecular flexibility index (Phi) is 3.82. The van der Waals surface area contributed by atoms with Crippen molar-refractivity contribution in [1.82, 2.24) is 4.90 Å². The summed E-state index contributed by atoms with van der Waals surface area (Å²) in [4.78, 5) is 13.6. The smallest absolute Gasteiger partial charge is 0.320 e. The fourth-order valence-corrected chi connectivity index (χ4v) is 3.13. The maximum absolute atomic E-state index is 11.4. The van der Waals surface area contributed by atoms with E-state index in [2.05, 4.69) is 4.90 Å². The third-order valence-electron chi connectivity index (χ3n) is 3.89. The van der Waals surface area contributed by atoms with Gasteiger partial charge in [-0.1, -0.05) is 6.42 Å². The standard InChI is InChI=1S/C12H22N2O2/c1-2-16-12(15)8-14-6-9-4-3-5-11(13)10(9)7-14/h9-11H,2-8,13H2,1H3. The van der Waals surface area contributed by atoms with Gasteiger partial charge in [0.25, 0.3) is 0 Å². The van der Waals surface area contributed by atoms with Crippen molar-refractivity contribution in [1.29, 1.82) is 0 Å². The number of hydrogen-bond acceptors (Lipinski definition) is 4. The summed E-state index contributed by atoms with van der Waals surface area (Å²) in [6.07, 6.45) is 3.67. The van der Waals surface area contributed by atoms with E-state index < -0.39 is 0 Å². The van der Waals surface area contributed by atoms with Gasteiger partial charge in [0.15, 0.2) is 0 Å². The van der Waals surface area contributed by atoms with Crippen molar-refractivity contribution in [2.45, 2.75) is 32.2 Å². The summed E-state index contributed by atoms with van der Waals surface area (Å²) >= 11 is 0. The van der Waals surface area contributed by atoms with Crippen molar-refractivity contribution in [3.63, 3.8) is 0 Å². The van der Waals surface area contributed by atoms with Crippen LogP contribution >= 0.6 is 0 Å². The number of esters is 1. The van der Waals surface area contributed by atoms with Gasteiger partial charge in [-0.05, 0) is 31.6 Å². The van der Waals surface area contributed by atoms with Crippen molar-refractivity contribution >= 4 is 5.97 Å². The first-order chi connectivity index (χ1) is 7.70. The monoisotopic (exact) mass is 226 g/mol. The number of rotatable bonds is 3. The molecule has 0 amide bonds. The second-order valence-corrected chi connectivity index (χ2v) is 5.02. The fraction of sp³-hybridized carbons (Fsp3) is 0.917. The van der Waals surface area contributed by atoms with Gasteiger partial charge in [0.2, 0.25) is 0 Å². The molecule has 1 saturated heterocycles. The first-order valence-corrected chi connectivity index (χ1v) is 6.34. The summed E-state index contributed by atoms with van der Waals surface area (Å²) in [6.45, 7) is 4.76. The Morgan fingerprint density at radius 2 is 2.25 bits per heavy atom. The van der Waals surface area contributed by atoms with Crippen LogP contribution in [0.25, 0.3) is 0 Å². The summed E-state index contributed by atoms with van der Waals surface area (Å²) in [5.74, 6) is 1.20. The van der Waals surface area contributed by atoms with Crippen molar-refractivity contribution < 1.29 is 9.53 Å². The third-order valence-corrected chi connectivity index (χ3v) is 3.89. The minimum absolute atomic E-state index is 0.102. The Balaban J connectivity index is 1.84. The fourth-order valence-electron chi connectivity index (χ4n) is 3.13. The number of hydrogen-bond donors (Lipinski definition) is 1. The van der Waals surface area contributed by atoms with E-state index in [0.29, 0.717) is 31.0 Å². The van der Waals surface area contributed by atoms with Crippen LogP contribution in [0.1, 0.15) is 26.2 Å². The number of nitrogens with two attached hydrogens (primary N) is 1. The third kappa shape index (κ3) is 2.55. The zero-order valence-corrected chi connectivity index (χ0v) is 10.0. The minimum atomic E-state index is -0.102. The molecule has 0 aromatic rings. The second kappa shape index (κ2) is 5.15. The Bertz CT molecular complexity index is 257. The molecule has 4 nitrogen and oxygen atoms in total. The van der Waals surface area contributed by atoms with E-state index in [1.807, 2.05) is 6.92 Å². The zero-order valence-electron chi connectivity index (χ0n) is 10.0. The van der Waals surface area contributed by atoms with E-state index in [0.717, 1.165) is 19.5 Å². The van der Waals surface area contributed by atoms with Crippen molar-refractivity contribution in [3.8, 4) is 0 Å². The van der Waals surface area contributed by atoms with Crippen LogP contribution in [0.3, 0.4) is 0 Å². The average molecular weight is 226 g/mol. The predicted octanol–water partition coefficient (Wildman–Crippen LogP) is 0.609. The number of ether oxygens (including phenoxy) is 1.